The van der Waals surface area contributed by atoms with E-state index < -0.39 is 18.0 Å². The molecule has 0 saturated carbocycles. The van der Waals surface area contributed by atoms with Crippen LogP contribution in [0.2, 0.25) is 0 Å². The van der Waals surface area contributed by atoms with Crippen LogP contribution in [0.3, 0.4) is 0 Å². The molecule has 1 unspecified atom stereocenters. The van der Waals surface area contributed by atoms with Crippen LogP contribution in [-0.2, 0) is 0 Å². The van der Waals surface area contributed by atoms with E-state index in [-0.39, 0.29) is 12.2 Å². The number of aliphatic hydroxyl groups excluding tert-OH is 1. The monoisotopic (exact) mass is 317 g/mol. The quantitative estimate of drug-likeness (QED) is 0.794. The minimum atomic E-state index is -0.836. The van der Waals surface area contributed by atoms with Crippen LogP contribution in [0.15, 0.2) is 48.5 Å². The number of rotatable bonds is 5. The second-order valence-corrected chi connectivity index (χ2v) is 5.32. The van der Waals surface area contributed by atoms with E-state index in [4.69, 9.17) is 0 Å². The zero-order chi connectivity index (χ0) is 16.8. The first-order valence-electron chi connectivity index (χ1n) is 7.22. The van der Waals surface area contributed by atoms with Gasteiger partial charge in [-0.15, -0.1) is 0 Å². The van der Waals surface area contributed by atoms with Gasteiger partial charge in [0, 0.05) is 26.3 Å². The first-order chi connectivity index (χ1) is 11.0. The zero-order valence-electron chi connectivity index (χ0n) is 13.1. The van der Waals surface area contributed by atoms with Gasteiger partial charge in [0.05, 0.1) is 11.8 Å². The fourth-order valence-electron chi connectivity index (χ4n) is 2.03. The Balaban J connectivity index is 1.87. The number of halogens is 1. The van der Waals surface area contributed by atoms with Crippen molar-refractivity contribution in [1.82, 2.24) is 5.32 Å². The maximum absolute atomic E-state index is 13.4. The van der Waals surface area contributed by atoms with Crippen LogP contribution < -0.4 is 15.5 Å². The molecule has 0 aromatic heterocycles. The number of urea groups is 1. The minimum Gasteiger partial charge on any atom is -0.387 e. The van der Waals surface area contributed by atoms with Crippen molar-refractivity contribution in [3.63, 3.8) is 0 Å². The third-order valence-electron chi connectivity index (χ3n) is 3.37. The summed E-state index contributed by atoms with van der Waals surface area (Å²) in [6.45, 7) is 0.0294. The highest BCUT2D eigenvalue weighted by Crippen LogP contribution is 2.17. The van der Waals surface area contributed by atoms with Gasteiger partial charge in [0.15, 0.2) is 0 Å². The molecule has 0 spiro atoms. The molecule has 3 N–H and O–H groups in total. The zero-order valence-corrected chi connectivity index (χ0v) is 13.1. The Morgan fingerprint density at radius 3 is 2.43 bits per heavy atom. The summed E-state index contributed by atoms with van der Waals surface area (Å²) >= 11 is 0. The highest BCUT2D eigenvalue weighted by atomic mass is 19.1. The molecular weight excluding hydrogens is 297 g/mol. The number of benzene rings is 2. The van der Waals surface area contributed by atoms with Gasteiger partial charge in [0.2, 0.25) is 0 Å². The summed E-state index contributed by atoms with van der Waals surface area (Å²) in [6, 6.07) is 12.7. The Morgan fingerprint density at radius 2 is 1.83 bits per heavy atom. The third-order valence-corrected chi connectivity index (χ3v) is 3.37. The molecule has 23 heavy (non-hydrogen) atoms. The Hall–Kier alpha value is -2.60. The van der Waals surface area contributed by atoms with Crippen LogP contribution in [0.25, 0.3) is 0 Å². The minimum absolute atomic E-state index is 0.0294. The molecule has 2 aromatic carbocycles. The number of para-hydroxylation sites is 1. The fourth-order valence-corrected chi connectivity index (χ4v) is 2.03. The summed E-state index contributed by atoms with van der Waals surface area (Å²) in [7, 11) is 3.86. The molecule has 6 heteroatoms. The van der Waals surface area contributed by atoms with Gasteiger partial charge in [-0.05, 0) is 29.8 Å². The third kappa shape index (κ3) is 4.69. The molecule has 0 radical (unpaired) electrons. The second kappa shape index (κ2) is 7.60. The van der Waals surface area contributed by atoms with E-state index in [1.165, 1.54) is 12.1 Å². The van der Waals surface area contributed by atoms with E-state index in [0.717, 1.165) is 5.69 Å². The molecular formula is C17H20FN3O2. The van der Waals surface area contributed by atoms with Crippen molar-refractivity contribution in [2.24, 2.45) is 0 Å². The number of carbonyl (C=O) groups is 1. The summed E-state index contributed by atoms with van der Waals surface area (Å²) in [5, 5.41) is 15.0. The summed E-state index contributed by atoms with van der Waals surface area (Å²) < 4.78 is 13.4. The fraction of sp³-hybridized carbons (Fsp3) is 0.235. The van der Waals surface area contributed by atoms with E-state index >= 15 is 0 Å². The normalized spacial score (nSPS) is 11.7. The Kier molecular flexibility index (Phi) is 5.54. The molecule has 1 atom stereocenters. The van der Waals surface area contributed by atoms with E-state index in [0.29, 0.717) is 5.56 Å². The van der Waals surface area contributed by atoms with Gasteiger partial charge in [-0.25, -0.2) is 9.18 Å². The van der Waals surface area contributed by atoms with Crippen LogP contribution in [0, 0.1) is 5.82 Å². The lowest BCUT2D eigenvalue weighted by Crippen LogP contribution is -2.32. The van der Waals surface area contributed by atoms with Gasteiger partial charge in [0.1, 0.15) is 5.82 Å². The van der Waals surface area contributed by atoms with Crippen molar-refractivity contribution in [3.8, 4) is 0 Å². The molecule has 122 valence electrons. The van der Waals surface area contributed by atoms with Crippen LogP contribution >= 0.6 is 0 Å². The van der Waals surface area contributed by atoms with Gasteiger partial charge in [-0.2, -0.15) is 0 Å². The summed E-state index contributed by atoms with van der Waals surface area (Å²) in [4.78, 5) is 13.7. The van der Waals surface area contributed by atoms with Crippen molar-refractivity contribution in [2.45, 2.75) is 6.10 Å². The summed E-state index contributed by atoms with van der Waals surface area (Å²) in [5.41, 5.74) is 1.81. The Morgan fingerprint density at radius 1 is 1.17 bits per heavy atom. The maximum Gasteiger partial charge on any atom is 0.319 e. The van der Waals surface area contributed by atoms with E-state index in [2.05, 4.69) is 10.6 Å². The van der Waals surface area contributed by atoms with Gasteiger partial charge in [-0.1, -0.05) is 24.3 Å². The average Bonchev–Trinajstić information content (AvgIpc) is 2.55. The van der Waals surface area contributed by atoms with Crippen LogP contribution in [0.1, 0.15) is 11.7 Å². The highest BCUT2D eigenvalue weighted by molar-refractivity contribution is 5.89. The second-order valence-electron chi connectivity index (χ2n) is 5.32. The maximum atomic E-state index is 13.4. The van der Waals surface area contributed by atoms with Crippen molar-refractivity contribution >= 4 is 17.4 Å². The van der Waals surface area contributed by atoms with Crippen molar-refractivity contribution in [1.29, 1.82) is 0 Å². The molecule has 2 amide bonds. The Labute approximate surface area is 134 Å². The van der Waals surface area contributed by atoms with Crippen LogP contribution in [-0.4, -0.2) is 31.8 Å². The van der Waals surface area contributed by atoms with Gasteiger partial charge >= 0.3 is 6.03 Å². The van der Waals surface area contributed by atoms with Crippen molar-refractivity contribution in [3.05, 3.63) is 59.9 Å². The Bertz CT molecular complexity index is 659. The predicted octanol–water partition coefficient (Wildman–Crippen LogP) is 2.75. The first kappa shape index (κ1) is 16.8. The summed E-state index contributed by atoms with van der Waals surface area (Å²) in [5.74, 6) is -0.512. The SMILES string of the molecule is CN(C)c1ccc(C(O)CNC(=O)Nc2ccccc2F)cc1. The largest absolute Gasteiger partial charge is 0.387 e. The molecule has 0 aliphatic carbocycles. The first-order valence-corrected chi connectivity index (χ1v) is 7.22. The van der Waals surface area contributed by atoms with Gasteiger partial charge < -0.3 is 20.6 Å². The number of hydrogen-bond acceptors (Lipinski definition) is 3. The average molecular weight is 317 g/mol. The topological polar surface area (TPSA) is 64.6 Å². The molecule has 2 aromatic rings. The molecule has 2 rings (SSSR count). The number of aliphatic hydroxyl groups is 1. The standard InChI is InChI=1S/C17H20FN3O2/c1-21(2)13-9-7-12(8-10-13)16(22)11-19-17(23)20-15-6-4-3-5-14(15)18/h3-10,16,22H,11H2,1-2H3,(H2,19,20,23). The predicted molar refractivity (Wildman–Crippen MR) is 89.2 cm³/mol. The summed E-state index contributed by atoms with van der Waals surface area (Å²) in [6.07, 6.45) is -0.836. The molecule has 0 fully saturated rings. The van der Waals surface area contributed by atoms with E-state index in [1.807, 2.05) is 31.1 Å². The number of carbonyl (C=O) groups excluding carboxylic acids is 1. The molecule has 0 bridgehead atoms. The molecule has 0 heterocycles. The number of amides is 2. The lowest BCUT2D eigenvalue weighted by atomic mass is 10.1. The number of nitrogens with one attached hydrogen (secondary N) is 2. The lowest BCUT2D eigenvalue weighted by Gasteiger charge is -2.16. The number of nitrogens with zero attached hydrogens (tertiary/aromatic N) is 1. The van der Waals surface area contributed by atoms with Gasteiger partial charge in [-0.3, -0.25) is 0 Å². The molecule has 0 aliphatic rings. The van der Waals surface area contributed by atoms with Crippen LogP contribution in [0.4, 0.5) is 20.6 Å². The van der Waals surface area contributed by atoms with Crippen LogP contribution in [0.5, 0.6) is 0 Å². The highest BCUT2D eigenvalue weighted by Gasteiger charge is 2.11. The van der Waals surface area contributed by atoms with Crippen molar-refractivity contribution < 1.29 is 14.3 Å². The molecule has 5 nitrogen and oxygen atoms in total. The smallest absolute Gasteiger partial charge is 0.319 e. The number of hydrogen-bond donors (Lipinski definition) is 3. The van der Waals surface area contributed by atoms with Gasteiger partial charge in [0.25, 0.3) is 0 Å². The van der Waals surface area contributed by atoms with Crippen molar-refractivity contribution in [2.75, 3.05) is 30.9 Å². The van der Waals surface area contributed by atoms with E-state index in [9.17, 15) is 14.3 Å². The molecule has 0 saturated heterocycles. The molecule has 0 aliphatic heterocycles. The van der Waals surface area contributed by atoms with E-state index in [1.54, 1.807) is 24.3 Å². The number of anilines is 2. The lowest BCUT2D eigenvalue weighted by molar-refractivity contribution is 0.175.